The number of hydrogen-bond donors (Lipinski definition) is 0. The van der Waals surface area contributed by atoms with E-state index in [1.54, 1.807) is 0 Å². The van der Waals surface area contributed by atoms with Gasteiger partial charge in [0.25, 0.3) is 6.08 Å². The van der Waals surface area contributed by atoms with Crippen LogP contribution in [-0.2, 0) is 9.59 Å². The highest BCUT2D eigenvalue weighted by Crippen LogP contribution is 2.63. The van der Waals surface area contributed by atoms with Gasteiger partial charge in [-0.1, -0.05) is 27.2 Å². The molecule has 2 nitrogen and oxygen atoms in total. The Hall–Kier alpha value is -1.06. The van der Waals surface area contributed by atoms with E-state index in [9.17, 15) is 18.4 Å². The molecule has 0 aromatic heterocycles. The van der Waals surface area contributed by atoms with Crippen molar-refractivity contribution in [3.63, 3.8) is 0 Å². The van der Waals surface area contributed by atoms with E-state index in [1.165, 1.54) is 0 Å². The minimum absolute atomic E-state index is 0.0104. The van der Waals surface area contributed by atoms with Crippen molar-refractivity contribution < 1.29 is 18.4 Å². The maximum Gasteiger partial charge on any atom is 0.270 e. The lowest BCUT2D eigenvalue weighted by Crippen LogP contribution is -2.50. The molecule has 0 aliphatic heterocycles. The first-order valence-corrected chi connectivity index (χ1v) is 9.73. The molecule has 3 saturated carbocycles. The van der Waals surface area contributed by atoms with E-state index < -0.39 is 11.5 Å². The molecule has 4 heteroatoms. The number of rotatable bonds is 3. The molecule has 0 spiro atoms. The zero-order valence-electron chi connectivity index (χ0n) is 15.6. The zero-order valence-corrected chi connectivity index (χ0v) is 15.6. The SMILES string of the molecule is C[C@H]1CC[C@](C)(C2CC[C@]3(C)C(=C(F)F)CCC3[C@@H]2C=O)[C@@H](C=O)C1. The second-order valence-corrected chi connectivity index (χ2v) is 9.29. The standard InChI is InChI=1S/C21H30F2O2/c1-13-6-8-20(2,14(10-13)11-24)17-7-9-21(3)16(15(17)12-25)4-5-18(21)19(22)23/h11-17H,4-10H2,1-3H3/t13-,14+,15-,16?,17?,20-,21-/m0/s1. The quantitative estimate of drug-likeness (QED) is 0.636. The molecular weight excluding hydrogens is 322 g/mol. The number of hydrogen-bond acceptors (Lipinski definition) is 2. The molecular formula is C21H30F2O2. The summed E-state index contributed by atoms with van der Waals surface area (Å²) in [6.07, 6.45) is 6.03. The van der Waals surface area contributed by atoms with Gasteiger partial charge in [-0.05, 0) is 67.1 Å². The maximum atomic E-state index is 13.4. The average Bonchev–Trinajstić information content (AvgIpc) is 2.93. The van der Waals surface area contributed by atoms with Crippen molar-refractivity contribution in [3.05, 3.63) is 11.7 Å². The molecule has 0 bridgehead atoms. The van der Waals surface area contributed by atoms with Crippen LogP contribution in [0.4, 0.5) is 8.78 Å². The van der Waals surface area contributed by atoms with E-state index in [2.05, 4.69) is 13.8 Å². The van der Waals surface area contributed by atoms with Crippen molar-refractivity contribution in [1.29, 1.82) is 0 Å². The number of aldehydes is 2. The summed E-state index contributed by atoms with van der Waals surface area (Å²) in [5.41, 5.74) is -0.449. The van der Waals surface area contributed by atoms with Gasteiger partial charge in [0.2, 0.25) is 0 Å². The summed E-state index contributed by atoms with van der Waals surface area (Å²) in [5, 5.41) is 0. The van der Waals surface area contributed by atoms with Crippen molar-refractivity contribution in [2.75, 3.05) is 0 Å². The molecule has 3 aliphatic rings. The molecule has 0 heterocycles. The Morgan fingerprint density at radius 3 is 2.36 bits per heavy atom. The van der Waals surface area contributed by atoms with Gasteiger partial charge in [-0.15, -0.1) is 0 Å². The molecule has 0 saturated heterocycles. The van der Waals surface area contributed by atoms with Crippen molar-refractivity contribution in [1.82, 2.24) is 0 Å². The van der Waals surface area contributed by atoms with Crippen LogP contribution in [0.25, 0.3) is 0 Å². The number of carbonyl (C=O) groups excluding carboxylic acids is 2. The van der Waals surface area contributed by atoms with Gasteiger partial charge in [-0.25, -0.2) is 0 Å². The third-order valence-electron chi connectivity index (χ3n) is 8.19. The van der Waals surface area contributed by atoms with Gasteiger partial charge >= 0.3 is 0 Å². The third kappa shape index (κ3) is 2.80. The van der Waals surface area contributed by atoms with E-state index in [1.807, 2.05) is 6.92 Å². The molecule has 25 heavy (non-hydrogen) atoms. The summed E-state index contributed by atoms with van der Waals surface area (Å²) in [7, 11) is 0. The van der Waals surface area contributed by atoms with Crippen LogP contribution in [-0.4, -0.2) is 12.6 Å². The highest BCUT2D eigenvalue weighted by Gasteiger charge is 2.57. The summed E-state index contributed by atoms with van der Waals surface area (Å²) in [4.78, 5) is 23.9. The fraction of sp³-hybridized carbons (Fsp3) is 0.810. The number of halogens is 2. The smallest absolute Gasteiger partial charge is 0.270 e. The molecule has 7 atom stereocenters. The van der Waals surface area contributed by atoms with Crippen LogP contribution >= 0.6 is 0 Å². The normalized spacial score (nSPS) is 47.2. The first-order chi connectivity index (χ1) is 11.8. The van der Waals surface area contributed by atoms with Crippen LogP contribution < -0.4 is 0 Å². The summed E-state index contributed by atoms with van der Waals surface area (Å²) in [6.45, 7) is 6.28. The van der Waals surface area contributed by atoms with Gasteiger partial charge in [-0.2, -0.15) is 8.78 Å². The van der Waals surface area contributed by atoms with Crippen LogP contribution in [0, 0.1) is 40.4 Å². The minimum atomic E-state index is -1.54. The molecule has 3 rings (SSSR count). The Morgan fingerprint density at radius 1 is 1.04 bits per heavy atom. The van der Waals surface area contributed by atoms with E-state index in [4.69, 9.17) is 0 Å². The highest BCUT2D eigenvalue weighted by atomic mass is 19.3. The number of allylic oxidation sites excluding steroid dienone is 1. The Balaban J connectivity index is 1.94. The molecule has 0 aromatic rings. The second-order valence-electron chi connectivity index (χ2n) is 9.29. The summed E-state index contributed by atoms with van der Waals surface area (Å²) < 4.78 is 26.8. The fourth-order valence-corrected chi connectivity index (χ4v) is 6.51. The highest BCUT2D eigenvalue weighted by molar-refractivity contribution is 5.59. The molecule has 3 fully saturated rings. The Kier molecular flexibility index (Phi) is 4.93. The van der Waals surface area contributed by atoms with Crippen LogP contribution in [0.5, 0.6) is 0 Å². The van der Waals surface area contributed by atoms with Gasteiger partial charge in [0.15, 0.2) is 0 Å². The van der Waals surface area contributed by atoms with Crippen LogP contribution in [0.2, 0.25) is 0 Å². The molecule has 0 radical (unpaired) electrons. The minimum Gasteiger partial charge on any atom is -0.303 e. The molecule has 140 valence electrons. The Morgan fingerprint density at radius 2 is 1.76 bits per heavy atom. The van der Waals surface area contributed by atoms with Crippen LogP contribution in [0.1, 0.15) is 65.7 Å². The lowest BCUT2D eigenvalue weighted by atomic mass is 9.49. The maximum absolute atomic E-state index is 13.4. The average molecular weight is 352 g/mol. The second kappa shape index (κ2) is 6.59. The predicted octanol–water partition coefficient (Wildman–Crippen LogP) is 5.42. The van der Waals surface area contributed by atoms with Crippen LogP contribution in [0.15, 0.2) is 11.7 Å². The summed E-state index contributed by atoms with van der Waals surface area (Å²) in [5.74, 6) is 0.420. The van der Waals surface area contributed by atoms with Gasteiger partial charge < -0.3 is 9.59 Å². The first kappa shape index (κ1) is 18.7. The van der Waals surface area contributed by atoms with Gasteiger partial charge in [0, 0.05) is 17.4 Å². The topological polar surface area (TPSA) is 34.1 Å². The first-order valence-electron chi connectivity index (χ1n) is 9.73. The van der Waals surface area contributed by atoms with Gasteiger partial charge in [0.05, 0.1) is 0 Å². The molecule has 3 aliphatic carbocycles. The fourth-order valence-electron chi connectivity index (χ4n) is 6.51. The molecule has 0 amide bonds. The summed E-state index contributed by atoms with van der Waals surface area (Å²) in [6, 6.07) is 0. The summed E-state index contributed by atoms with van der Waals surface area (Å²) >= 11 is 0. The monoisotopic (exact) mass is 352 g/mol. The Bertz CT molecular complexity index is 582. The zero-order chi connectivity index (χ0) is 18.4. The van der Waals surface area contributed by atoms with Crippen molar-refractivity contribution in [2.24, 2.45) is 40.4 Å². The van der Waals surface area contributed by atoms with E-state index in [-0.39, 0.29) is 34.7 Å². The lowest BCUT2D eigenvalue weighted by molar-refractivity contribution is -0.133. The number of carbonyl (C=O) groups is 2. The lowest BCUT2D eigenvalue weighted by Gasteiger charge is -2.54. The molecule has 0 aromatic carbocycles. The largest absolute Gasteiger partial charge is 0.303 e. The predicted molar refractivity (Wildman–Crippen MR) is 93.0 cm³/mol. The van der Waals surface area contributed by atoms with Crippen molar-refractivity contribution in [2.45, 2.75) is 65.7 Å². The van der Waals surface area contributed by atoms with E-state index in [0.29, 0.717) is 25.2 Å². The van der Waals surface area contributed by atoms with Crippen LogP contribution in [0.3, 0.4) is 0 Å². The van der Waals surface area contributed by atoms with Crippen molar-refractivity contribution in [3.8, 4) is 0 Å². The number of fused-ring (bicyclic) bond motifs is 1. The van der Waals surface area contributed by atoms with Gasteiger partial charge in [0.1, 0.15) is 12.6 Å². The third-order valence-corrected chi connectivity index (χ3v) is 8.19. The molecule has 2 unspecified atom stereocenters. The van der Waals surface area contributed by atoms with Gasteiger partial charge in [-0.3, -0.25) is 0 Å². The Labute approximate surface area is 149 Å². The van der Waals surface area contributed by atoms with E-state index >= 15 is 0 Å². The van der Waals surface area contributed by atoms with E-state index in [0.717, 1.165) is 38.3 Å². The molecule has 0 N–H and O–H groups in total. The van der Waals surface area contributed by atoms with Crippen molar-refractivity contribution >= 4 is 12.6 Å².